The zero-order chi connectivity index (χ0) is 17.7. The molecule has 2 rings (SSSR count). The summed E-state index contributed by atoms with van der Waals surface area (Å²) in [6, 6.07) is 4.69. The second kappa shape index (κ2) is 7.82. The Hall–Kier alpha value is -2.55. The van der Waals surface area contributed by atoms with Crippen LogP contribution in [-0.4, -0.2) is 47.5 Å². The van der Waals surface area contributed by atoms with E-state index in [1.54, 1.807) is 12.1 Å². The first-order chi connectivity index (χ1) is 11.4. The Bertz CT molecular complexity index is 651. The van der Waals surface area contributed by atoms with Crippen LogP contribution in [0.15, 0.2) is 18.2 Å². The van der Waals surface area contributed by atoms with E-state index in [2.05, 4.69) is 10.6 Å². The second-order valence-corrected chi connectivity index (χ2v) is 5.57. The zero-order valence-electron chi connectivity index (χ0n) is 13.2. The molecule has 1 aliphatic heterocycles. The summed E-state index contributed by atoms with van der Waals surface area (Å²) in [5.74, 6) is -2.09. The molecule has 0 radical (unpaired) electrons. The topological polar surface area (TPSA) is 125 Å². The van der Waals surface area contributed by atoms with E-state index in [1.165, 1.54) is 13.0 Å². The molecular formula is C15H19BN2O6. The quantitative estimate of drug-likeness (QED) is 0.420. The van der Waals surface area contributed by atoms with E-state index in [0.717, 1.165) is 0 Å². The third-order valence-corrected chi connectivity index (χ3v) is 3.65. The molecule has 1 atom stereocenters. The van der Waals surface area contributed by atoms with Gasteiger partial charge in [0.05, 0.1) is 11.5 Å². The standard InChI is InChI=1S/C15H19BN2O6/c1-9(19)17-7-3-6-13(20)18-12-8-10-4-2-5-11(15(21)22)14(10)24-16(12)23/h2,4-5,12,23H,3,6-8H2,1H3,(H,17,19)(H,18,20)(H,21,22). The first kappa shape index (κ1) is 17.8. The van der Waals surface area contributed by atoms with Crippen LogP contribution in [-0.2, 0) is 16.0 Å². The first-order valence-electron chi connectivity index (χ1n) is 7.62. The third kappa shape index (κ3) is 4.48. The summed E-state index contributed by atoms with van der Waals surface area (Å²) < 4.78 is 5.30. The van der Waals surface area contributed by atoms with Crippen molar-refractivity contribution in [1.82, 2.24) is 10.6 Å². The highest BCUT2D eigenvalue weighted by Crippen LogP contribution is 2.30. The number of para-hydroxylation sites is 1. The van der Waals surface area contributed by atoms with Crippen molar-refractivity contribution in [3.8, 4) is 5.75 Å². The van der Waals surface area contributed by atoms with Gasteiger partial charge in [-0.25, -0.2) is 4.79 Å². The van der Waals surface area contributed by atoms with E-state index in [-0.39, 0.29) is 36.0 Å². The zero-order valence-corrected chi connectivity index (χ0v) is 13.2. The molecule has 0 aliphatic carbocycles. The molecular weight excluding hydrogens is 315 g/mol. The predicted octanol–water partition coefficient (Wildman–Crippen LogP) is -0.259. The maximum absolute atomic E-state index is 11.9. The molecule has 1 unspecified atom stereocenters. The van der Waals surface area contributed by atoms with Crippen molar-refractivity contribution in [1.29, 1.82) is 0 Å². The summed E-state index contributed by atoms with van der Waals surface area (Å²) in [7, 11) is -1.32. The van der Waals surface area contributed by atoms with E-state index in [0.29, 0.717) is 18.5 Å². The van der Waals surface area contributed by atoms with Gasteiger partial charge in [-0.2, -0.15) is 0 Å². The summed E-state index contributed by atoms with van der Waals surface area (Å²) in [6.45, 7) is 1.80. The van der Waals surface area contributed by atoms with Crippen LogP contribution in [0.3, 0.4) is 0 Å². The minimum Gasteiger partial charge on any atom is -0.534 e. The van der Waals surface area contributed by atoms with Gasteiger partial charge in [0, 0.05) is 19.9 Å². The molecule has 1 aromatic rings. The lowest BCUT2D eigenvalue weighted by Crippen LogP contribution is -2.53. The van der Waals surface area contributed by atoms with Gasteiger partial charge >= 0.3 is 13.1 Å². The molecule has 128 valence electrons. The molecule has 0 fully saturated rings. The number of carbonyl (C=O) groups is 3. The van der Waals surface area contributed by atoms with E-state index < -0.39 is 19.0 Å². The summed E-state index contributed by atoms with van der Waals surface area (Å²) in [5, 5.41) is 24.4. The minimum absolute atomic E-state index is 0.0216. The number of carboxylic acids is 1. The minimum atomic E-state index is -1.32. The Morgan fingerprint density at radius 1 is 1.38 bits per heavy atom. The number of hydrogen-bond acceptors (Lipinski definition) is 5. The van der Waals surface area contributed by atoms with Gasteiger partial charge in [0.2, 0.25) is 11.8 Å². The maximum Gasteiger partial charge on any atom is 0.547 e. The number of aromatic carboxylic acids is 1. The molecule has 8 nitrogen and oxygen atoms in total. The molecule has 4 N–H and O–H groups in total. The molecule has 1 aromatic carbocycles. The summed E-state index contributed by atoms with van der Waals surface area (Å²) in [6.07, 6.45) is 0.954. The van der Waals surface area contributed by atoms with Crippen molar-refractivity contribution in [2.45, 2.75) is 32.1 Å². The van der Waals surface area contributed by atoms with E-state index in [4.69, 9.17) is 9.76 Å². The molecule has 0 aromatic heterocycles. The van der Waals surface area contributed by atoms with Crippen LogP contribution in [0.4, 0.5) is 0 Å². The average molecular weight is 334 g/mol. The van der Waals surface area contributed by atoms with Crippen LogP contribution >= 0.6 is 0 Å². The van der Waals surface area contributed by atoms with Crippen LogP contribution in [0.25, 0.3) is 0 Å². The number of rotatable bonds is 6. The van der Waals surface area contributed by atoms with Gasteiger partial charge in [-0.15, -0.1) is 0 Å². The van der Waals surface area contributed by atoms with Crippen molar-refractivity contribution >= 4 is 24.9 Å². The highest BCUT2D eigenvalue weighted by atomic mass is 16.5. The number of nitrogens with one attached hydrogen (secondary N) is 2. The molecule has 1 aliphatic rings. The van der Waals surface area contributed by atoms with Crippen LogP contribution < -0.4 is 15.3 Å². The van der Waals surface area contributed by atoms with Crippen molar-refractivity contribution in [3.63, 3.8) is 0 Å². The van der Waals surface area contributed by atoms with Gasteiger partial charge in [0.25, 0.3) is 0 Å². The molecule has 24 heavy (non-hydrogen) atoms. The Labute approximate surface area is 139 Å². The highest BCUT2D eigenvalue weighted by Gasteiger charge is 2.37. The van der Waals surface area contributed by atoms with Gasteiger partial charge in [0.15, 0.2) is 0 Å². The van der Waals surface area contributed by atoms with Crippen molar-refractivity contribution < 1.29 is 29.2 Å². The lowest BCUT2D eigenvalue weighted by molar-refractivity contribution is -0.122. The van der Waals surface area contributed by atoms with Crippen LogP contribution in [0, 0.1) is 0 Å². The summed E-state index contributed by atoms with van der Waals surface area (Å²) in [5.41, 5.74) is 0.593. The fourth-order valence-corrected chi connectivity index (χ4v) is 2.51. The monoisotopic (exact) mass is 334 g/mol. The maximum atomic E-state index is 11.9. The Morgan fingerprint density at radius 3 is 2.79 bits per heavy atom. The van der Waals surface area contributed by atoms with E-state index in [9.17, 15) is 19.4 Å². The van der Waals surface area contributed by atoms with E-state index in [1.807, 2.05) is 0 Å². The smallest absolute Gasteiger partial charge is 0.534 e. The number of carboxylic acid groups (broad SMARTS) is 1. The van der Waals surface area contributed by atoms with Crippen molar-refractivity contribution in [2.24, 2.45) is 0 Å². The summed E-state index contributed by atoms with van der Waals surface area (Å²) in [4.78, 5) is 33.8. The van der Waals surface area contributed by atoms with Crippen molar-refractivity contribution in [3.05, 3.63) is 29.3 Å². The number of carbonyl (C=O) groups excluding carboxylic acids is 2. The van der Waals surface area contributed by atoms with Gasteiger partial charge < -0.3 is 25.4 Å². The second-order valence-electron chi connectivity index (χ2n) is 5.57. The van der Waals surface area contributed by atoms with Gasteiger partial charge in [-0.1, -0.05) is 12.1 Å². The average Bonchev–Trinajstić information content (AvgIpc) is 2.51. The Balaban J connectivity index is 1.94. The van der Waals surface area contributed by atoms with Gasteiger partial charge in [-0.3, -0.25) is 9.59 Å². The van der Waals surface area contributed by atoms with Gasteiger partial charge in [-0.05, 0) is 24.5 Å². The van der Waals surface area contributed by atoms with Crippen LogP contribution in [0.2, 0.25) is 0 Å². The highest BCUT2D eigenvalue weighted by molar-refractivity contribution is 6.47. The molecule has 0 spiro atoms. The SMILES string of the molecule is CC(=O)NCCCC(=O)NC1Cc2cccc(C(=O)O)c2OB1O. The summed E-state index contributed by atoms with van der Waals surface area (Å²) >= 11 is 0. The molecule has 2 amide bonds. The number of hydrogen-bond donors (Lipinski definition) is 4. The third-order valence-electron chi connectivity index (χ3n) is 3.65. The largest absolute Gasteiger partial charge is 0.547 e. The molecule has 1 heterocycles. The van der Waals surface area contributed by atoms with Crippen LogP contribution in [0.5, 0.6) is 5.75 Å². The lowest BCUT2D eigenvalue weighted by Gasteiger charge is -2.28. The van der Waals surface area contributed by atoms with Gasteiger partial charge in [0.1, 0.15) is 5.75 Å². The Kier molecular flexibility index (Phi) is 5.80. The first-order valence-corrected chi connectivity index (χ1v) is 7.62. The molecule has 0 bridgehead atoms. The number of benzene rings is 1. The van der Waals surface area contributed by atoms with Crippen molar-refractivity contribution in [2.75, 3.05) is 6.54 Å². The lowest BCUT2D eigenvalue weighted by atomic mass is 9.72. The normalized spacial score (nSPS) is 15.9. The number of amides is 2. The predicted molar refractivity (Wildman–Crippen MR) is 85.6 cm³/mol. The number of fused-ring (bicyclic) bond motifs is 1. The van der Waals surface area contributed by atoms with E-state index >= 15 is 0 Å². The fourth-order valence-electron chi connectivity index (χ4n) is 2.51. The van der Waals surface area contributed by atoms with Crippen LogP contribution in [0.1, 0.15) is 35.7 Å². The molecule has 0 saturated heterocycles. The Morgan fingerprint density at radius 2 is 2.12 bits per heavy atom. The fraction of sp³-hybridized carbons (Fsp3) is 0.400. The molecule has 0 saturated carbocycles. The molecule has 9 heteroatoms.